The van der Waals surface area contributed by atoms with Crippen LogP contribution in [0.1, 0.15) is 24.5 Å². The van der Waals surface area contributed by atoms with Gasteiger partial charge >= 0.3 is 0 Å². The van der Waals surface area contributed by atoms with Crippen molar-refractivity contribution in [3.8, 4) is 0 Å². The monoisotopic (exact) mass is 298 g/mol. The van der Waals surface area contributed by atoms with E-state index in [0.29, 0.717) is 6.54 Å². The van der Waals surface area contributed by atoms with E-state index < -0.39 is 0 Å². The largest absolute Gasteiger partial charge is 0.330 e. The van der Waals surface area contributed by atoms with Crippen molar-refractivity contribution in [3.63, 3.8) is 0 Å². The quantitative estimate of drug-likeness (QED) is 0.898. The summed E-state index contributed by atoms with van der Waals surface area (Å²) in [5.74, 6) is -0.110. The van der Waals surface area contributed by atoms with Gasteiger partial charge in [-0.3, -0.25) is 4.79 Å². The first-order chi connectivity index (χ1) is 7.99. The Bertz CT molecular complexity index is 391. The molecule has 0 aliphatic rings. The van der Waals surface area contributed by atoms with Gasteiger partial charge in [0.15, 0.2) is 0 Å². The van der Waals surface area contributed by atoms with Crippen LogP contribution in [0.25, 0.3) is 0 Å². The fourth-order valence-corrected chi connectivity index (χ4v) is 2.48. The molecule has 1 unspecified atom stereocenters. The number of carbonyl (C=O) groups excluding carboxylic acids is 1. The lowest BCUT2D eigenvalue weighted by Gasteiger charge is -2.16. The topological polar surface area (TPSA) is 55.1 Å². The van der Waals surface area contributed by atoms with Gasteiger partial charge < -0.3 is 11.1 Å². The van der Waals surface area contributed by atoms with Gasteiger partial charge in [-0.2, -0.15) is 0 Å². The Morgan fingerprint density at radius 3 is 2.35 bits per heavy atom. The van der Waals surface area contributed by atoms with Gasteiger partial charge in [0, 0.05) is 16.7 Å². The molecule has 0 aliphatic heterocycles. The van der Waals surface area contributed by atoms with Crippen molar-refractivity contribution in [2.75, 3.05) is 11.9 Å². The summed E-state index contributed by atoms with van der Waals surface area (Å²) < 4.78 is 1.02. The average Bonchev–Trinajstić information content (AvgIpc) is 2.25. The second kappa shape index (κ2) is 6.17. The third-order valence-electron chi connectivity index (χ3n) is 2.89. The van der Waals surface area contributed by atoms with Crippen molar-refractivity contribution in [2.45, 2.75) is 27.2 Å². The van der Waals surface area contributed by atoms with Crippen LogP contribution < -0.4 is 11.1 Å². The van der Waals surface area contributed by atoms with Crippen molar-refractivity contribution in [3.05, 3.63) is 27.7 Å². The van der Waals surface area contributed by atoms with Crippen molar-refractivity contribution in [1.29, 1.82) is 0 Å². The average molecular weight is 299 g/mol. The van der Waals surface area contributed by atoms with Gasteiger partial charge in [0.2, 0.25) is 5.91 Å². The Morgan fingerprint density at radius 2 is 1.94 bits per heavy atom. The minimum Gasteiger partial charge on any atom is -0.330 e. The molecule has 0 fully saturated rings. The molecule has 4 heteroatoms. The van der Waals surface area contributed by atoms with Crippen LogP contribution in [0.15, 0.2) is 16.6 Å². The number of nitrogens with two attached hydrogens (primary N) is 1. The third kappa shape index (κ3) is 3.54. The molecule has 0 saturated heterocycles. The molecular weight excluding hydrogens is 280 g/mol. The molecule has 0 spiro atoms. The van der Waals surface area contributed by atoms with Crippen LogP contribution in [-0.4, -0.2) is 12.5 Å². The Hall–Kier alpha value is -0.870. The Labute approximate surface area is 111 Å². The molecular formula is C13H19BrN2O. The van der Waals surface area contributed by atoms with Crippen LogP contribution in [0, 0.1) is 19.8 Å². The molecule has 0 aliphatic carbocycles. The van der Waals surface area contributed by atoms with Gasteiger partial charge in [-0.05, 0) is 43.5 Å². The molecule has 3 nitrogen and oxygen atoms in total. The van der Waals surface area contributed by atoms with E-state index in [0.717, 1.165) is 27.7 Å². The smallest absolute Gasteiger partial charge is 0.228 e. The Kier molecular flexibility index (Phi) is 5.15. The number of halogens is 1. The standard InChI is InChI=1S/C13H19BrN2O/c1-4-10(7-15)13(17)16-12-8(2)5-11(14)6-9(12)3/h5-6,10H,4,7,15H2,1-3H3,(H,16,17). The van der Waals surface area contributed by atoms with E-state index in [-0.39, 0.29) is 11.8 Å². The fraction of sp³-hybridized carbons (Fsp3) is 0.462. The van der Waals surface area contributed by atoms with E-state index in [1.54, 1.807) is 0 Å². The van der Waals surface area contributed by atoms with Crippen LogP contribution >= 0.6 is 15.9 Å². The lowest BCUT2D eigenvalue weighted by molar-refractivity contribution is -0.119. The van der Waals surface area contributed by atoms with E-state index in [9.17, 15) is 4.79 Å². The summed E-state index contributed by atoms with van der Waals surface area (Å²) in [4.78, 5) is 12.0. The number of nitrogens with one attached hydrogen (secondary N) is 1. The van der Waals surface area contributed by atoms with Gasteiger partial charge in [-0.1, -0.05) is 22.9 Å². The fourth-order valence-electron chi connectivity index (χ4n) is 1.79. The van der Waals surface area contributed by atoms with Crippen LogP contribution in [-0.2, 0) is 4.79 Å². The van der Waals surface area contributed by atoms with Crippen molar-refractivity contribution < 1.29 is 4.79 Å². The van der Waals surface area contributed by atoms with E-state index in [1.807, 2.05) is 32.9 Å². The summed E-state index contributed by atoms with van der Waals surface area (Å²) in [6, 6.07) is 3.98. The highest BCUT2D eigenvalue weighted by atomic mass is 79.9. The number of hydrogen-bond acceptors (Lipinski definition) is 2. The highest BCUT2D eigenvalue weighted by Crippen LogP contribution is 2.25. The molecule has 94 valence electrons. The Balaban J connectivity index is 2.92. The molecule has 1 aromatic carbocycles. The zero-order valence-corrected chi connectivity index (χ0v) is 12.1. The summed E-state index contributed by atoms with van der Waals surface area (Å²) in [6.45, 7) is 6.32. The molecule has 17 heavy (non-hydrogen) atoms. The highest BCUT2D eigenvalue weighted by molar-refractivity contribution is 9.10. The summed E-state index contributed by atoms with van der Waals surface area (Å²) in [6.07, 6.45) is 0.761. The summed E-state index contributed by atoms with van der Waals surface area (Å²) >= 11 is 3.44. The molecule has 0 radical (unpaired) electrons. The predicted octanol–water partition coefficient (Wildman–Crippen LogP) is 2.99. The van der Waals surface area contributed by atoms with E-state index in [2.05, 4.69) is 21.2 Å². The lowest BCUT2D eigenvalue weighted by atomic mass is 10.0. The van der Waals surface area contributed by atoms with Gasteiger partial charge in [-0.15, -0.1) is 0 Å². The third-order valence-corrected chi connectivity index (χ3v) is 3.35. The van der Waals surface area contributed by atoms with Crippen LogP contribution in [0.5, 0.6) is 0 Å². The molecule has 1 atom stereocenters. The zero-order chi connectivity index (χ0) is 13.0. The number of benzene rings is 1. The minimum atomic E-state index is -0.113. The SMILES string of the molecule is CCC(CN)C(=O)Nc1c(C)cc(Br)cc1C. The first kappa shape index (κ1) is 14.2. The van der Waals surface area contributed by atoms with Gasteiger partial charge in [0.1, 0.15) is 0 Å². The maximum absolute atomic E-state index is 12.0. The predicted molar refractivity (Wildman–Crippen MR) is 75.1 cm³/mol. The molecule has 3 N–H and O–H groups in total. The number of hydrogen-bond donors (Lipinski definition) is 2. The molecule has 0 heterocycles. The van der Waals surface area contributed by atoms with Crippen LogP contribution in [0.3, 0.4) is 0 Å². The molecule has 1 amide bonds. The Morgan fingerprint density at radius 1 is 1.41 bits per heavy atom. The molecule has 1 rings (SSSR count). The van der Waals surface area contributed by atoms with Gasteiger partial charge in [0.25, 0.3) is 0 Å². The maximum Gasteiger partial charge on any atom is 0.228 e. The molecule has 0 aromatic heterocycles. The number of anilines is 1. The summed E-state index contributed by atoms with van der Waals surface area (Å²) in [5.41, 5.74) is 8.57. The molecule has 0 bridgehead atoms. The van der Waals surface area contributed by atoms with Crippen molar-refractivity contribution in [2.24, 2.45) is 11.7 Å². The highest BCUT2D eigenvalue weighted by Gasteiger charge is 2.16. The van der Waals surface area contributed by atoms with Crippen LogP contribution in [0.2, 0.25) is 0 Å². The number of carbonyl (C=O) groups is 1. The van der Waals surface area contributed by atoms with Crippen molar-refractivity contribution >= 4 is 27.5 Å². The minimum absolute atomic E-state index is 0.00326. The summed E-state index contributed by atoms with van der Waals surface area (Å²) in [7, 11) is 0. The lowest BCUT2D eigenvalue weighted by Crippen LogP contribution is -2.29. The zero-order valence-electron chi connectivity index (χ0n) is 10.5. The molecule has 0 saturated carbocycles. The number of amides is 1. The van der Waals surface area contributed by atoms with E-state index >= 15 is 0 Å². The summed E-state index contributed by atoms with van der Waals surface area (Å²) in [5, 5.41) is 2.97. The first-order valence-corrected chi connectivity index (χ1v) is 6.56. The van der Waals surface area contributed by atoms with Crippen LogP contribution in [0.4, 0.5) is 5.69 Å². The van der Waals surface area contributed by atoms with E-state index in [4.69, 9.17) is 5.73 Å². The number of rotatable bonds is 4. The first-order valence-electron chi connectivity index (χ1n) is 5.77. The normalized spacial score (nSPS) is 12.3. The van der Waals surface area contributed by atoms with Gasteiger partial charge in [0.05, 0.1) is 5.92 Å². The maximum atomic E-state index is 12.0. The number of aryl methyl sites for hydroxylation is 2. The van der Waals surface area contributed by atoms with E-state index in [1.165, 1.54) is 0 Å². The van der Waals surface area contributed by atoms with Gasteiger partial charge in [-0.25, -0.2) is 0 Å². The second-order valence-electron chi connectivity index (χ2n) is 4.24. The second-order valence-corrected chi connectivity index (χ2v) is 5.16. The van der Waals surface area contributed by atoms with Crippen molar-refractivity contribution in [1.82, 2.24) is 0 Å². The molecule has 1 aromatic rings.